The third kappa shape index (κ3) is 3.25. The van der Waals surface area contributed by atoms with Crippen molar-refractivity contribution in [3.8, 4) is 21.9 Å². The van der Waals surface area contributed by atoms with Gasteiger partial charge in [-0.3, -0.25) is 0 Å². The first kappa shape index (κ1) is 18.4. The standard InChI is InChI=1S/C24H22N4O2S/c1-27(17-7-8-20-21(12-17)30-15-29-20)24-23-19(25-14-26-24)13-22(31-23)16-5-4-6-18(11-16)28-9-2-3-10-28/h4-8,11-14H,2-3,9-10,15H2,1H3. The van der Waals surface area contributed by atoms with Crippen molar-refractivity contribution in [2.75, 3.05) is 36.7 Å². The topological polar surface area (TPSA) is 50.7 Å². The predicted molar refractivity (Wildman–Crippen MR) is 125 cm³/mol. The van der Waals surface area contributed by atoms with Crippen LogP contribution in [-0.2, 0) is 0 Å². The van der Waals surface area contributed by atoms with Gasteiger partial charge in [0.1, 0.15) is 6.33 Å². The highest BCUT2D eigenvalue weighted by molar-refractivity contribution is 7.22. The molecule has 2 aliphatic rings. The fraction of sp³-hybridized carbons (Fsp3) is 0.250. The van der Waals surface area contributed by atoms with Crippen molar-refractivity contribution >= 4 is 38.7 Å². The van der Waals surface area contributed by atoms with Crippen molar-refractivity contribution in [1.82, 2.24) is 9.97 Å². The highest BCUT2D eigenvalue weighted by Gasteiger charge is 2.19. The molecule has 6 nitrogen and oxygen atoms in total. The maximum absolute atomic E-state index is 5.54. The quantitative estimate of drug-likeness (QED) is 0.429. The zero-order valence-electron chi connectivity index (χ0n) is 17.2. The smallest absolute Gasteiger partial charge is 0.231 e. The Balaban J connectivity index is 1.38. The molecule has 4 aromatic rings. The molecule has 1 saturated heterocycles. The Kier molecular flexibility index (Phi) is 4.42. The fourth-order valence-corrected chi connectivity index (χ4v) is 5.40. The molecule has 31 heavy (non-hydrogen) atoms. The molecule has 0 saturated carbocycles. The molecular weight excluding hydrogens is 408 g/mol. The summed E-state index contributed by atoms with van der Waals surface area (Å²) in [5, 5.41) is 0. The van der Waals surface area contributed by atoms with Crippen LogP contribution in [0.25, 0.3) is 20.7 Å². The summed E-state index contributed by atoms with van der Waals surface area (Å²) in [5.74, 6) is 2.43. The Hall–Kier alpha value is -3.32. The van der Waals surface area contributed by atoms with E-state index in [9.17, 15) is 0 Å². The largest absolute Gasteiger partial charge is 0.454 e. The number of hydrogen-bond donors (Lipinski definition) is 0. The maximum atomic E-state index is 5.54. The highest BCUT2D eigenvalue weighted by Crippen LogP contribution is 2.41. The van der Waals surface area contributed by atoms with Gasteiger partial charge in [-0.25, -0.2) is 9.97 Å². The van der Waals surface area contributed by atoms with Gasteiger partial charge in [0.25, 0.3) is 0 Å². The number of ether oxygens (including phenoxy) is 2. The van der Waals surface area contributed by atoms with E-state index in [0.29, 0.717) is 0 Å². The molecule has 0 aliphatic carbocycles. The molecule has 0 amide bonds. The van der Waals surface area contributed by atoms with Crippen LogP contribution in [0.2, 0.25) is 0 Å². The van der Waals surface area contributed by atoms with E-state index in [1.54, 1.807) is 17.7 Å². The molecule has 2 aromatic carbocycles. The third-order valence-electron chi connectivity index (χ3n) is 5.96. The number of hydrogen-bond acceptors (Lipinski definition) is 7. The van der Waals surface area contributed by atoms with E-state index < -0.39 is 0 Å². The lowest BCUT2D eigenvalue weighted by atomic mass is 10.1. The molecule has 6 rings (SSSR count). The molecule has 0 atom stereocenters. The first-order valence-corrected chi connectivity index (χ1v) is 11.3. The Morgan fingerprint density at radius 3 is 2.74 bits per heavy atom. The molecule has 0 unspecified atom stereocenters. The van der Waals surface area contributed by atoms with Crippen LogP contribution >= 0.6 is 11.3 Å². The number of benzene rings is 2. The Bertz CT molecular complexity index is 1270. The minimum Gasteiger partial charge on any atom is -0.454 e. The Labute approximate surface area is 184 Å². The molecule has 0 bridgehead atoms. The summed E-state index contributed by atoms with van der Waals surface area (Å²) in [6.07, 6.45) is 4.19. The lowest BCUT2D eigenvalue weighted by Crippen LogP contribution is -2.17. The van der Waals surface area contributed by atoms with Crippen molar-refractivity contribution < 1.29 is 9.47 Å². The summed E-state index contributed by atoms with van der Waals surface area (Å²) >= 11 is 1.74. The first-order chi connectivity index (χ1) is 15.3. The second kappa shape index (κ2) is 7.42. The van der Waals surface area contributed by atoms with E-state index >= 15 is 0 Å². The molecule has 0 N–H and O–H groups in total. The monoisotopic (exact) mass is 430 g/mol. The number of aromatic nitrogens is 2. The van der Waals surface area contributed by atoms with Gasteiger partial charge in [-0.05, 0) is 48.7 Å². The summed E-state index contributed by atoms with van der Waals surface area (Å²) in [7, 11) is 2.02. The molecule has 2 aromatic heterocycles. The van der Waals surface area contributed by atoms with Crippen molar-refractivity contribution in [1.29, 1.82) is 0 Å². The van der Waals surface area contributed by atoms with Crippen molar-refractivity contribution in [2.45, 2.75) is 12.8 Å². The van der Waals surface area contributed by atoms with Crippen LogP contribution in [0.3, 0.4) is 0 Å². The first-order valence-electron chi connectivity index (χ1n) is 10.5. The van der Waals surface area contributed by atoms with Gasteiger partial charge in [0.05, 0.1) is 10.2 Å². The number of thiophene rings is 1. The van der Waals surface area contributed by atoms with E-state index in [0.717, 1.165) is 46.3 Å². The van der Waals surface area contributed by atoms with E-state index in [2.05, 4.69) is 50.1 Å². The molecule has 4 heterocycles. The second-order valence-corrected chi connectivity index (χ2v) is 8.92. The van der Waals surface area contributed by atoms with Gasteiger partial charge in [0.2, 0.25) is 6.79 Å². The number of rotatable bonds is 4. The zero-order chi connectivity index (χ0) is 20.8. The summed E-state index contributed by atoms with van der Waals surface area (Å²) in [6.45, 7) is 2.56. The van der Waals surface area contributed by atoms with Gasteiger partial charge in [-0.1, -0.05) is 12.1 Å². The molecule has 1 fully saturated rings. The van der Waals surface area contributed by atoms with Gasteiger partial charge in [-0.2, -0.15) is 0 Å². The minimum atomic E-state index is 0.269. The highest BCUT2D eigenvalue weighted by atomic mass is 32.1. The third-order valence-corrected chi connectivity index (χ3v) is 7.12. The minimum absolute atomic E-state index is 0.269. The molecular formula is C24H22N4O2S. The molecule has 7 heteroatoms. The van der Waals surface area contributed by atoms with Crippen LogP contribution in [0.5, 0.6) is 11.5 Å². The number of anilines is 3. The zero-order valence-corrected chi connectivity index (χ0v) is 18.1. The van der Waals surface area contributed by atoms with E-state index in [1.807, 2.05) is 25.2 Å². The maximum Gasteiger partial charge on any atom is 0.231 e. The number of nitrogens with zero attached hydrogens (tertiary/aromatic N) is 4. The second-order valence-electron chi connectivity index (χ2n) is 7.86. The SMILES string of the molecule is CN(c1ccc2c(c1)OCO2)c1ncnc2cc(-c3cccc(N4CCCC4)c3)sc12. The van der Waals surface area contributed by atoms with Crippen LogP contribution in [-0.4, -0.2) is 36.9 Å². The lowest BCUT2D eigenvalue weighted by molar-refractivity contribution is 0.174. The van der Waals surface area contributed by atoms with Crippen LogP contribution in [0.1, 0.15) is 12.8 Å². The molecule has 2 aliphatic heterocycles. The van der Waals surface area contributed by atoms with Crippen LogP contribution < -0.4 is 19.3 Å². The van der Waals surface area contributed by atoms with Crippen LogP contribution in [0, 0.1) is 0 Å². The van der Waals surface area contributed by atoms with E-state index in [1.165, 1.54) is 29.0 Å². The van der Waals surface area contributed by atoms with Crippen molar-refractivity contribution in [3.63, 3.8) is 0 Å². The summed E-state index contributed by atoms with van der Waals surface area (Å²) in [5.41, 5.74) is 4.49. The van der Waals surface area contributed by atoms with Gasteiger partial charge < -0.3 is 19.3 Å². The van der Waals surface area contributed by atoms with Gasteiger partial charge in [0, 0.05) is 42.5 Å². The summed E-state index contributed by atoms with van der Waals surface area (Å²) in [6, 6.07) is 17.0. The van der Waals surface area contributed by atoms with Gasteiger partial charge >= 0.3 is 0 Å². The van der Waals surface area contributed by atoms with Crippen molar-refractivity contribution in [2.24, 2.45) is 0 Å². The molecule has 0 spiro atoms. The molecule has 0 radical (unpaired) electrons. The Morgan fingerprint density at radius 1 is 0.968 bits per heavy atom. The summed E-state index contributed by atoms with van der Waals surface area (Å²) in [4.78, 5) is 14.9. The van der Waals surface area contributed by atoms with Gasteiger partial charge in [0.15, 0.2) is 17.3 Å². The Morgan fingerprint density at radius 2 is 1.84 bits per heavy atom. The van der Waals surface area contributed by atoms with Gasteiger partial charge in [-0.15, -0.1) is 11.3 Å². The van der Waals surface area contributed by atoms with Crippen molar-refractivity contribution in [3.05, 3.63) is 54.9 Å². The average Bonchev–Trinajstić information content (AvgIpc) is 3.58. The fourth-order valence-electron chi connectivity index (χ4n) is 4.27. The number of fused-ring (bicyclic) bond motifs is 2. The lowest BCUT2D eigenvalue weighted by Gasteiger charge is -2.19. The van der Waals surface area contributed by atoms with E-state index in [-0.39, 0.29) is 6.79 Å². The van der Waals surface area contributed by atoms with Crippen LogP contribution in [0.4, 0.5) is 17.2 Å². The normalized spacial score (nSPS) is 15.1. The molecule has 156 valence electrons. The summed E-state index contributed by atoms with van der Waals surface area (Å²) < 4.78 is 12.1. The van der Waals surface area contributed by atoms with Crippen LogP contribution in [0.15, 0.2) is 54.9 Å². The predicted octanol–water partition coefficient (Wildman–Crippen LogP) is 5.46. The van der Waals surface area contributed by atoms with E-state index in [4.69, 9.17) is 9.47 Å². The average molecular weight is 431 g/mol.